The minimum absolute atomic E-state index is 0.350. The van der Waals surface area contributed by atoms with Gasteiger partial charge in [-0.25, -0.2) is 4.79 Å². The van der Waals surface area contributed by atoms with Crippen LogP contribution >= 0.6 is 23.5 Å². The quantitative estimate of drug-likeness (QED) is 0.723. The van der Waals surface area contributed by atoms with Gasteiger partial charge in [-0.2, -0.15) is 5.26 Å². The molecule has 28 heavy (non-hydrogen) atoms. The predicted molar refractivity (Wildman–Crippen MR) is 113 cm³/mol. The van der Waals surface area contributed by atoms with Crippen molar-refractivity contribution in [2.75, 3.05) is 16.8 Å². The van der Waals surface area contributed by atoms with Crippen molar-refractivity contribution in [3.8, 4) is 6.07 Å². The summed E-state index contributed by atoms with van der Waals surface area (Å²) >= 11 is 3.84. The van der Waals surface area contributed by atoms with E-state index in [9.17, 15) is 9.59 Å². The summed E-state index contributed by atoms with van der Waals surface area (Å²) in [6.07, 6.45) is 0.248. The fourth-order valence-corrected chi connectivity index (χ4v) is 5.56. The number of carbonyl (C=O) groups excluding carboxylic acids is 2. The molecule has 1 N–H and O–H groups in total. The SMILES string of the molecule is C[C@@H](OC(=O)c1ccc(C2SCCCS2)cc1)C(=O)Nc1ccccc1C#N. The van der Waals surface area contributed by atoms with E-state index in [1.54, 1.807) is 36.4 Å². The molecule has 5 nitrogen and oxygen atoms in total. The number of thioether (sulfide) groups is 2. The monoisotopic (exact) mass is 412 g/mol. The van der Waals surface area contributed by atoms with Gasteiger partial charge in [0.25, 0.3) is 5.91 Å². The zero-order valence-corrected chi connectivity index (χ0v) is 17.0. The van der Waals surface area contributed by atoms with Gasteiger partial charge in [-0.05, 0) is 54.7 Å². The van der Waals surface area contributed by atoms with Gasteiger partial charge in [0, 0.05) is 0 Å². The molecule has 3 rings (SSSR count). The minimum atomic E-state index is -0.983. The van der Waals surface area contributed by atoms with Crippen molar-refractivity contribution in [2.45, 2.75) is 24.0 Å². The second-order valence-electron chi connectivity index (χ2n) is 6.24. The lowest BCUT2D eigenvalue weighted by molar-refractivity contribution is -0.123. The van der Waals surface area contributed by atoms with Gasteiger partial charge >= 0.3 is 5.97 Å². The van der Waals surface area contributed by atoms with Crippen molar-refractivity contribution in [1.82, 2.24) is 0 Å². The maximum atomic E-state index is 12.4. The molecule has 2 aromatic rings. The fraction of sp³-hybridized carbons (Fsp3) is 0.286. The Bertz CT molecular complexity index is 887. The number of ether oxygens (including phenoxy) is 1. The first-order valence-corrected chi connectivity index (χ1v) is 11.0. The van der Waals surface area contributed by atoms with E-state index in [4.69, 9.17) is 10.00 Å². The van der Waals surface area contributed by atoms with Gasteiger partial charge in [0.2, 0.25) is 0 Å². The molecule has 1 aliphatic rings. The van der Waals surface area contributed by atoms with Crippen molar-refractivity contribution in [1.29, 1.82) is 5.26 Å². The molecule has 1 saturated heterocycles. The maximum Gasteiger partial charge on any atom is 0.338 e. The third-order valence-corrected chi connectivity index (χ3v) is 7.22. The van der Waals surface area contributed by atoms with Gasteiger partial charge in [0.05, 0.1) is 21.4 Å². The number of para-hydroxylation sites is 1. The van der Waals surface area contributed by atoms with Crippen molar-refractivity contribution < 1.29 is 14.3 Å². The van der Waals surface area contributed by atoms with Crippen LogP contribution in [0.15, 0.2) is 48.5 Å². The molecule has 1 fully saturated rings. The van der Waals surface area contributed by atoms with E-state index in [-0.39, 0.29) is 0 Å². The molecule has 1 aliphatic heterocycles. The van der Waals surface area contributed by atoms with E-state index < -0.39 is 18.0 Å². The Balaban J connectivity index is 1.59. The Morgan fingerprint density at radius 1 is 1.14 bits per heavy atom. The van der Waals surface area contributed by atoms with Crippen molar-refractivity contribution in [3.05, 3.63) is 65.2 Å². The Labute approximate surface area is 172 Å². The first kappa shape index (κ1) is 20.3. The number of amides is 1. The Morgan fingerprint density at radius 3 is 2.50 bits per heavy atom. The predicted octanol–water partition coefficient (Wildman–Crippen LogP) is 4.61. The van der Waals surface area contributed by atoms with Crippen LogP contribution in [0.4, 0.5) is 5.69 Å². The van der Waals surface area contributed by atoms with Crippen molar-refractivity contribution >= 4 is 41.1 Å². The number of carbonyl (C=O) groups is 2. The highest BCUT2D eigenvalue weighted by Gasteiger charge is 2.21. The first-order chi connectivity index (χ1) is 13.6. The van der Waals surface area contributed by atoms with Crippen molar-refractivity contribution in [3.63, 3.8) is 0 Å². The Morgan fingerprint density at radius 2 is 1.82 bits per heavy atom. The molecule has 1 atom stereocenters. The van der Waals surface area contributed by atoms with Crippen LogP contribution in [0.5, 0.6) is 0 Å². The molecule has 0 radical (unpaired) electrons. The molecule has 2 aromatic carbocycles. The van der Waals surface area contributed by atoms with E-state index in [1.807, 2.05) is 41.7 Å². The normalized spacial score (nSPS) is 15.3. The van der Waals surface area contributed by atoms with Crippen LogP contribution in [0.25, 0.3) is 0 Å². The summed E-state index contributed by atoms with van der Waals surface area (Å²) in [6, 6.07) is 16.1. The number of nitriles is 1. The van der Waals surface area contributed by atoms with Gasteiger partial charge < -0.3 is 10.1 Å². The maximum absolute atomic E-state index is 12.4. The summed E-state index contributed by atoms with van der Waals surface area (Å²) in [6.45, 7) is 1.51. The summed E-state index contributed by atoms with van der Waals surface area (Å²) < 4.78 is 5.69. The number of nitrogens with one attached hydrogen (secondary N) is 1. The fourth-order valence-electron chi connectivity index (χ4n) is 2.66. The van der Waals surface area contributed by atoms with Crippen LogP contribution in [0.2, 0.25) is 0 Å². The van der Waals surface area contributed by atoms with Crippen molar-refractivity contribution in [2.24, 2.45) is 0 Å². The van der Waals surface area contributed by atoms with E-state index in [0.29, 0.717) is 21.4 Å². The summed E-state index contributed by atoms with van der Waals surface area (Å²) in [5.41, 5.74) is 2.34. The van der Waals surface area contributed by atoms with Crippen LogP contribution in [0, 0.1) is 11.3 Å². The number of hydrogen-bond acceptors (Lipinski definition) is 6. The lowest BCUT2D eigenvalue weighted by Crippen LogP contribution is -2.30. The van der Waals surface area contributed by atoms with Gasteiger partial charge in [-0.1, -0.05) is 24.3 Å². The van der Waals surface area contributed by atoms with E-state index in [2.05, 4.69) is 5.32 Å². The summed E-state index contributed by atoms with van der Waals surface area (Å²) in [7, 11) is 0. The first-order valence-electron chi connectivity index (χ1n) is 8.92. The zero-order chi connectivity index (χ0) is 19.9. The van der Waals surface area contributed by atoms with Crippen LogP contribution in [0.1, 0.15) is 39.4 Å². The smallest absolute Gasteiger partial charge is 0.338 e. The molecule has 1 amide bonds. The second kappa shape index (κ2) is 9.67. The zero-order valence-electron chi connectivity index (χ0n) is 15.4. The second-order valence-corrected chi connectivity index (χ2v) is 8.97. The molecular weight excluding hydrogens is 392 g/mol. The number of nitrogens with zero attached hydrogens (tertiary/aromatic N) is 1. The molecule has 0 aromatic heterocycles. The average molecular weight is 413 g/mol. The lowest BCUT2D eigenvalue weighted by atomic mass is 10.1. The standard InChI is InChI=1S/C21H20N2O3S2/c1-14(19(24)23-18-6-3-2-5-17(18)13-22)26-20(25)15-7-9-16(10-8-15)21-27-11-4-12-28-21/h2-3,5-10,14,21H,4,11-12H2,1H3,(H,23,24)/t14-/m1/s1. The number of rotatable bonds is 5. The Kier molecular flexibility index (Phi) is 7.01. The highest BCUT2D eigenvalue weighted by molar-refractivity contribution is 8.16. The van der Waals surface area contributed by atoms with E-state index in [1.165, 1.54) is 18.9 Å². The molecule has 0 saturated carbocycles. The van der Waals surface area contributed by atoms with Crippen LogP contribution in [0.3, 0.4) is 0 Å². The molecule has 0 unspecified atom stereocenters. The van der Waals surface area contributed by atoms with E-state index >= 15 is 0 Å². The lowest BCUT2D eigenvalue weighted by Gasteiger charge is -2.21. The van der Waals surface area contributed by atoms with Crippen LogP contribution < -0.4 is 5.32 Å². The molecule has 0 aliphatic carbocycles. The van der Waals surface area contributed by atoms with Gasteiger partial charge in [0.15, 0.2) is 6.10 Å². The van der Waals surface area contributed by atoms with Crippen LogP contribution in [-0.4, -0.2) is 29.5 Å². The number of anilines is 1. The number of hydrogen-bond donors (Lipinski definition) is 1. The topological polar surface area (TPSA) is 79.2 Å². The Hall–Kier alpha value is -2.43. The molecule has 0 spiro atoms. The molecular formula is C21H20N2O3S2. The van der Waals surface area contributed by atoms with Crippen LogP contribution in [-0.2, 0) is 9.53 Å². The summed E-state index contributed by atoms with van der Waals surface area (Å²) in [5.74, 6) is 1.28. The number of benzene rings is 2. The molecule has 144 valence electrons. The summed E-state index contributed by atoms with van der Waals surface area (Å²) in [4.78, 5) is 24.7. The third-order valence-electron chi connectivity index (χ3n) is 4.20. The number of esters is 1. The van der Waals surface area contributed by atoms with Gasteiger partial charge in [-0.15, -0.1) is 23.5 Å². The highest BCUT2D eigenvalue weighted by atomic mass is 32.2. The summed E-state index contributed by atoms with van der Waals surface area (Å²) in [5, 5.41) is 11.7. The highest BCUT2D eigenvalue weighted by Crippen LogP contribution is 2.43. The van der Waals surface area contributed by atoms with Gasteiger partial charge in [-0.3, -0.25) is 4.79 Å². The molecule has 1 heterocycles. The largest absolute Gasteiger partial charge is 0.449 e. The van der Waals surface area contributed by atoms with Gasteiger partial charge in [0.1, 0.15) is 6.07 Å². The average Bonchev–Trinajstić information content (AvgIpc) is 2.74. The molecule has 0 bridgehead atoms. The third kappa shape index (κ3) is 5.09. The van der Waals surface area contributed by atoms with E-state index in [0.717, 1.165) is 11.5 Å². The minimum Gasteiger partial charge on any atom is -0.449 e. The molecule has 7 heteroatoms.